The van der Waals surface area contributed by atoms with Crippen molar-refractivity contribution in [1.82, 2.24) is 10.2 Å². The van der Waals surface area contributed by atoms with E-state index < -0.39 is 0 Å². The van der Waals surface area contributed by atoms with E-state index in [9.17, 15) is 0 Å². The Hall–Kier alpha value is -0.300. The Labute approximate surface area is 154 Å². The Morgan fingerprint density at radius 1 is 1.18 bits per heavy atom. The maximum absolute atomic E-state index is 5.34. The highest BCUT2D eigenvalue weighted by molar-refractivity contribution is 14.0. The minimum absolute atomic E-state index is 0. The number of hydrogen-bond acceptors (Lipinski definition) is 2. The molecule has 0 unspecified atom stereocenters. The molecule has 0 aromatic rings. The van der Waals surface area contributed by atoms with Crippen molar-refractivity contribution >= 4 is 29.9 Å². The monoisotopic (exact) mass is 425 g/mol. The van der Waals surface area contributed by atoms with Gasteiger partial charge in [-0.3, -0.25) is 4.99 Å². The molecule has 0 aromatic heterocycles. The van der Waals surface area contributed by atoms with Crippen LogP contribution in [0.15, 0.2) is 17.6 Å². The van der Waals surface area contributed by atoms with Gasteiger partial charge < -0.3 is 15.0 Å². The van der Waals surface area contributed by atoms with E-state index in [1.54, 1.807) is 0 Å². The second-order valence-corrected chi connectivity index (χ2v) is 5.20. The van der Waals surface area contributed by atoms with E-state index in [-0.39, 0.29) is 24.0 Å². The van der Waals surface area contributed by atoms with Gasteiger partial charge in [-0.25, -0.2) is 0 Å². The summed E-state index contributed by atoms with van der Waals surface area (Å²) in [7, 11) is 2.12. The first-order valence-electron chi connectivity index (χ1n) is 8.44. The summed E-state index contributed by atoms with van der Waals surface area (Å²) in [6.45, 7) is 12.4. The first-order chi connectivity index (χ1) is 10.3. The van der Waals surface area contributed by atoms with Crippen molar-refractivity contribution in [2.75, 3.05) is 39.9 Å². The third kappa shape index (κ3) is 14.6. The fourth-order valence-electron chi connectivity index (χ4n) is 2.04. The summed E-state index contributed by atoms with van der Waals surface area (Å²) < 4.78 is 5.34. The van der Waals surface area contributed by atoms with Crippen molar-refractivity contribution in [3.05, 3.63) is 12.7 Å². The normalized spacial score (nSPS) is 11.0. The molecular weight excluding hydrogens is 389 g/mol. The standard InChI is InChI=1S/C17H35N3O.HI/c1-5-8-9-10-12-15-20(4)17(18-6-2)19-14-11-13-16-21-7-3;/h5H,1,6-16H2,2-4H3,(H,18,19);1H. The average molecular weight is 425 g/mol. The molecule has 132 valence electrons. The van der Waals surface area contributed by atoms with Crippen LogP contribution in [0, 0.1) is 0 Å². The summed E-state index contributed by atoms with van der Waals surface area (Å²) in [6, 6.07) is 0. The summed E-state index contributed by atoms with van der Waals surface area (Å²) in [5.41, 5.74) is 0. The van der Waals surface area contributed by atoms with Gasteiger partial charge in [0, 0.05) is 39.9 Å². The predicted octanol–water partition coefficient (Wildman–Crippen LogP) is 4.06. The lowest BCUT2D eigenvalue weighted by Gasteiger charge is -2.22. The van der Waals surface area contributed by atoms with Gasteiger partial charge in [0.25, 0.3) is 0 Å². The van der Waals surface area contributed by atoms with Crippen LogP contribution in [0.2, 0.25) is 0 Å². The molecule has 0 rings (SSSR count). The third-order valence-corrected chi connectivity index (χ3v) is 3.26. The fourth-order valence-corrected chi connectivity index (χ4v) is 2.04. The van der Waals surface area contributed by atoms with Crippen LogP contribution in [0.1, 0.15) is 52.4 Å². The number of aliphatic imine (C=N–C) groups is 1. The number of rotatable bonds is 13. The largest absolute Gasteiger partial charge is 0.382 e. The van der Waals surface area contributed by atoms with E-state index >= 15 is 0 Å². The summed E-state index contributed by atoms with van der Waals surface area (Å²) in [6.07, 6.45) is 8.99. The van der Waals surface area contributed by atoms with E-state index in [0.29, 0.717) is 0 Å². The van der Waals surface area contributed by atoms with Crippen LogP contribution in [-0.4, -0.2) is 50.8 Å². The molecule has 0 saturated carbocycles. The molecule has 0 saturated heterocycles. The number of halogens is 1. The van der Waals surface area contributed by atoms with Gasteiger partial charge in [-0.05, 0) is 46.0 Å². The van der Waals surface area contributed by atoms with E-state index in [4.69, 9.17) is 4.74 Å². The van der Waals surface area contributed by atoms with Crippen molar-refractivity contribution in [1.29, 1.82) is 0 Å². The number of guanidine groups is 1. The number of unbranched alkanes of at least 4 members (excludes halogenated alkanes) is 4. The van der Waals surface area contributed by atoms with E-state index in [2.05, 4.69) is 35.8 Å². The van der Waals surface area contributed by atoms with Gasteiger partial charge >= 0.3 is 0 Å². The second kappa shape index (κ2) is 18.7. The Morgan fingerprint density at radius 3 is 2.59 bits per heavy atom. The van der Waals surface area contributed by atoms with Gasteiger partial charge in [-0.2, -0.15) is 0 Å². The molecule has 0 atom stereocenters. The molecule has 0 spiro atoms. The molecule has 0 fully saturated rings. The first-order valence-corrected chi connectivity index (χ1v) is 8.44. The second-order valence-electron chi connectivity index (χ2n) is 5.20. The smallest absolute Gasteiger partial charge is 0.193 e. The SMILES string of the molecule is C=CCCCCCN(C)C(=NCCCCOCC)NCC.I. The molecular formula is C17H36IN3O. The van der Waals surface area contributed by atoms with Crippen LogP contribution < -0.4 is 5.32 Å². The quantitative estimate of drug-likeness (QED) is 0.159. The van der Waals surface area contributed by atoms with Crippen molar-refractivity contribution in [3.8, 4) is 0 Å². The van der Waals surface area contributed by atoms with Crippen molar-refractivity contribution in [2.45, 2.75) is 52.4 Å². The van der Waals surface area contributed by atoms with Crippen molar-refractivity contribution < 1.29 is 4.74 Å². The highest BCUT2D eigenvalue weighted by atomic mass is 127. The predicted molar refractivity (Wildman–Crippen MR) is 108 cm³/mol. The van der Waals surface area contributed by atoms with Crippen molar-refractivity contribution in [2.24, 2.45) is 4.99 Å². The molecule has 0 heterocycles. The molecule has 1 N–H and O–H groups in total. The summed E-state index contributed by atoms with van der Waals surface area (Å²) in [5, 5.41) is 3.37. The van der Waals surface area contributed by atoms with Crippen molar-refractivity contribution in [3.63, 3.8) is 0 Å². The lowest BCUT2D eigenvalue weighted by Crippen LogP contribution is -2.39. The fraction of sp³-hybridized carbons (Fsp3) is 0.824. The van der Waals surface area contributed by atoms with Crippen LogP contribution in [0.3, 0.4) is 0 Å². The lowest BCUT2D eigenvalue weighted by atomic mass is 10.2. The molecule has 0 amide bonds. The molecule has 0 aliphatic rings. The maximum atomic E-state index is 5.34. The van der Waals surface area contributed by atoms with E-state index in [0.717, 1.165) is 58.1 Å². The topological polar surface area (TPSA) is 36.9 Å². The highest BCUT2D eigenvalue weighted by Gasteiger charge is 2.04. The van der Waals surface area contributed by atoms with Gasteiger partial charge in [0.05, 0.1) is 0 Å². The van der Waals surface area contributed by atoms with Gasteiger partial charge in [0.15, 0.2) is 5.96 Å². The number of allylic oxidation sites excluding steroid dienone is 1. The van der Waals surface area contributed by atoms with Crippen LogP contribution in [0.4, 0.5) is 0 Å². The highest BCUT2D eigenvalue weighted by Crippen LogP contribution is 2.02. The van der Waals surface area contributed by atoms with Crippen LogP contribution in [0.5, 0.6) is 0 Å². The lowest BCUT2D eigenvalue weighted by molar-refractivity contribution is 0.144. The molecule has 5 heteroatoms. The van der Waals surface area contributed by atoms with Gasteiger partial charge in [-0.1, -0.05) is 12.5 Å². The zero-order chi connectivity index (χ0) is 15.8. The molecule has 4 nitrogen and oxygen atoms in total. The Balaban J connectivity index is 0. The van der Waals surface area contributed by atoms with E-state index in [1.807, 2.05) is 13.0 Å². The summed E-state index contributed by atoms with van der Waals surface area (Å²) in [5.74, 6) is 1.03. The number of nitrogens with one attached hydrogen (secondary N) is 1. The van der Waals surface area contributed by atoms with Gasteiger partial charge in [-0.15, -0.1) is 30.6 Å². The van der Waals surface area contributed by atoms with Gasteiger partial charge in [0.1, 0.15) is 0 Å². The minimum atomic E-state index is 0. The van der Waals surface area contributed by atoms with Crippen LogP contribution in [0.25, 0.3) is 0 Å². The molecule has 0 bridgehead atoms. The molecule has 0 aromatic carbocycles. The average Bonchev–Trinajstić information content (AvgIpc) is 2.49. The Kier molecular flexibility index (Phi) is 20.4. The van der Waals surface area contributed by atoms with Crippen LogP contribution in [-0.2, 0) is 4.74 Å². The molecule has 0 aliphatic heterocycles. The van der Waals surface area contributed by atoms with Crippen LogP contribution >= 0.6 is 24.0 Å². The van der Waals surface area contributed by atoms with E-state index in [1.165, 1.54) is 19.3 Å². The minimum Gasteiger partial charge on any atom is -0.382 e. The Morgan fingerprint density at radius 2 is 1.95 bits per heavy atom. The van der Waals surface area contributed by atoms with Gasteiger partial charge in [0.2, 0.25) is 0 Å². The molecule has 0 radical (unpaired) electrons. The number of hydrogen-bond donors (Lipinski definition) is 1. The number of ether oxygens (including phenoxy) is 1. The molecule has 22 heavy (non-hydrogen) atoms. The third-order valence-electron chi connectivity index (χ3n) is 3.26. The maximum Gasteiger partial charge on any atom is 0.193 e. The Bertz CT molecular complexity index is 273. The molecule has 0 aliphatic carbocycles. The first kappa shape index (κ1) is 24.0. The zero-order valence-corrected chi connectivity index (χ0v) is 17.1. The number of nitrogens with zero attached hydrogens (tertiary/aromatic N) is 2. The summed E-state index contributed by atoms with van der Waals surface area (Å²) in [4.78, 5) is 6.92. The summed E-state index contributed by atoms with van der Waals surface area (Å²) >= 11 is 0. The zero-order valence-electron chi connectivity index (χ0n) is 14.8.